The maximum absolute atomic E-state index is 13.5. The van der Waals surface area contributed by atoms with E-state index < -0.39 is 0 Å². The van der Waals surface area contributed by atoms with Crippen LogP contribution in [0.15, 0.2) is 6.20 Å². The van der Waals surface area contributed by atoms with Crippen LogP contribution >= 0.6 is 0 Å². The van der Waals surface area contributed by atoms with E-state index in [1.807, 2.05) is 4.68 Å². The van der Waals surface area contributed by atoms with E-state index in [1.165, 1.54) is 38.5 Å². The first-order chi connectivity index (χ1) is 16.4. The summed E-state index contributed by atoms with van der Waals surface area (Å²) in [5.41, 5.74) is 1.03. The molecule has 5 aliphatic rings. The van der Waals surface area contributed by atoms with Crippen molar-refractivity contribution in [2.24, 2.45) is 29.1 Å². The summed E-state index contributed by atoms with van der Waals surface area (Å²) in [5, 5.41) is 11.4. The molecular formula is C27H45N5O2. The zero-order valence-electron chi connectivity index (χ0n) is 21.5. The number of rotatable bonds is 8. The van der Waals surface area contributed by atoms with Gasteiger partial charge < -0.3 is 15.4 Å². The van der Waals surface area contributed by atoms with Gasteiger partial charge in [-0.3, -0.25) is 9.69 Å². The average molecular weight is 472 g/mol. The molecule has 2 heterocycles. The third-order valence-corrected chi connectivity index (χ3v) is 9.72. The Kier molecular flexibility index (Phi) is 7.22. The highest BCUT2D eigenvalue weighted by atomic mass is 16.5. The minimum atomic E-state index is -0.0111. The summed E-state index contributed by atoms with van der Waals surface area (Å²) in [7, 11) is 0. The van der Waals surface area contributed by atoms with Crippen LogP contribution in [0.2, 0.25) is 0 Å². The monoisotopic (exact) mass is 471 g/mol. The second-order valence-electron chi connectivity index (χ2n) is 12.0. The Bertz CT molecular complexity index is 840. The predicted molar refractivity (Wildman–Crippen MR) is 134 cm³/mol. The number of carbonyl (C=O) groups excluding carboxylic acids is 1. The fourth-order valence-corrected chi connectivity index (χ4v) is 7.15. The van der Waals surface area contributed by atoms with E-state index in [4.69, 9.17) is 4.74 Å². The highest BCUT2D eigenvalue weighted by Gasteiger charge is 2.56. The summed E-state index contributed by atoms with van der Waals surface area (Å²) < 4.78 is 8.33. The number of fused-ring (bicyclic) bond motifs is 2. The van der Waals surface area contributed by atoms with E-state index in [-0.39, 0.29) is 11.9 Å². The van der Waals surface area contributed by atoms with Crippen molar-refractivity contribution in [3.05, 3.63) is 11.8 Å². The summed E-state index contributed by atoms with van der Waals surface area (Å²) in [4.78, 5) is 15.9. The molecule has 0 radical (unpaired) electrons. The van der Waals surface area contributed by atoms with E-state index in [1.54, 1.807) is 6.20 Å². The first kappa shape index (κ1) is 24.1. The van der Waals surface area contributed by atoms with E-state index in [0.717, 1.165) is 51.6 Å². The van der Waals surface area contributed by atoms with Gasteiger partial charge in [0.05, 0.1) is 19.3 Å². The molecule has 2 bridgehead atoms. The molecule has 190 valence electrons. The van der Waals surface area contributed by atoms with E-state index in [9.17, 15) is 4.79 Å². The fraction of sp³-hybridized carbons (Fsp3) is 0.852. The zero-order valence-corrected chi connectivity index (χ0v) is 21.5. The van der Waals surface area contributed by atoms with Gasteiger partial charge in [-0.15, -0.1) is 0 Å². The predicted octanol–water partition coefficient (Wildman–Crippen LogP) is 3.55. The van der Waals surface area contributed by atoms with Gasteiger partial charge in [-0.2, -0.15) is 5.10 Å². The van der Waals surface area contributed by atoms with Gasteiger partial charge in [0.2, 0.25) is 5.88 Å². The largest absolute Gasteiger partial charge is 0.477 e. The van der Waals surface area contributed by atoms with Gasteiger partial charge in [-0.25, -0.2) is 4.68 Å². The number of aromatic nitrogens is 2. The van der Waals surface area contributed by atoms with Crippen molar-refractivity contribution < 1.29 is 9.53 Å². The molecule has 4 atom stereocenters. The Morgan fingerprint density at radius 2 is 1.94 bits per heavy atom. The molecule has 4 aliphatic carbocycles. The standard InChI is InChI=1S/C27H45N5O2/c1-19-23-15-21(27(23,2)3)16-24(19)30-25(33)22-17-29-32(14-13-31-11-9-28-10-12-31)26(22)34-18-20-7-5-4-6-8-20/h17,19-21,23-24,28H,4-16,18H2,1-3H3,(H,30,33)/t19-,21-,23+,24+/m1/s1. The molecule has 1 aliphatic heterocycles. The molecule has 1 aromatic heterocycles. The Balaban J connectivity index is 1.26. The number of hydrogen-bond donors (Lipinski definition) is 2. The van der Waals surface area contributed by atoms with Crippen LogP contribution < -0.4 is 15.4 Å². The molecule has 5 fully saturated rings. The van der Waals surface area contributed by atoms with Crippen LogP contribution in [-0.2, 0) is 6.54 Å². The summed E-state index contributed by atoms with van der Waals surface area (Å²) in [6.07, 6.45) is 10.5. The maximum Gasteiger partial charge on any atom is 0.258 e. The quantitative estimate of drug-likeness (QED) is 0.607. The molecule has 1 aromatic rings. The van der Waals surface area contributed by atoms with E-state index in [2.05, 4.69) is 41.4 Å². The molecule has 7 heteroatoms. The molecule has 4 saturated carbocycles. The van der Waals surface area contributed by atoms with Crippen LogP contribution in [0.3, 0.4) is 0 Å². The van der Waals surface area contributed by atoms with Crippen molar-refractivity contribution in [1.82, 2.24) is 25.3 Å². The lowest BCUT2D eigenvalue weighted by molar-refractivity contribution is -0.113. The van der Waals surface area contributed by atoms with Crippen LogP contribution in [0.5, 0.6) is 5.88 Å². The van der Waals surface area contributed by atoms with Crippen LogP contribution in [0, 0.1) is 29.1 Å². The van der Waals surface area contributed by atoms with Crippen LogP contribution in [0.1, 0.15) is 76.1 Å². The Morgan fingerprint density at radius 3 is 2.65 bits per heavy atom. The number of carbonyl (C=O) groups is 1. The summed E-state index contributed by atoms with van der Waals surface area (Å²) in [6.45, 7) is 13.7. The van der Waals surface area contributed by atoms with E-state index >= 15 is 0 Å². The first-order valence-corrected chi connectivity index (χ1v) is 13.9. The van der Waals surface area contributed by atoms with Crippen molar-refractivity contribution in [2.75, 3.05) is 39.3 Å². The lowest BCUT2D eigenvalue weighted by atomic mass is 9.45. The van der Waals surface area contributed by atoms with Crippen molar-refractivity contribution in [1.29, 1.82) is 0 Å². The first-order valence-electron chi connectivity index (χ1n) is 13.9. The summed E-state index contributed by atoms with van der Waals surface area (Å²) in [6, 6.07) is 0.250. The molecule has 0 unspecified atom stereocenters. The van der Waals surface area contributed by atoms with E-state index in [0.29, 0.717) is 41.2 Å². The molecule has 0 aromatic carbocycles. The van der Waals surface area contributed by atoms with Gasteiger partial charge in [0.1, 0.15) is 5.56 Å². The van der Waals surface area contributed by atoms with Crippen molar-refractivity contribution in [3.63, 3.8) is 0 Å². The summed E-state index contributed by atoms with van der Waals surface area (Å²) >= 11 is 0. The third kappa shape index (κ3) is 4.88. The van der Waals surface area contributed by atoms with Gasteiger partial charge >= 0.3 is 0 Å². The zero-order chi connectivity index (χ0) is 23.7. The Morgan fingerprint density at radius 1 is 1.18 bits per heavy atom. The second kappa shape index (κ2) is 10.2. The van der Waals surface area contributed by atoms with Gasteiger partial charge in [-0.1, -0.05) is 40.0 Å². The average Bonchev–Trinajstić information content (AvgIpc) is 3.26. The molecule has 2 N–H and O–H groups in total. The third-order valence-electron chi connectivity index (χ3n) is 9.72. The van der Waals surface area contributed by atoms with Gasteiger partial charge in [0.15, 0.2) is 0 Å². The van der Waals surface area contributed by atoms with Crippen LogP contribution in [0.4, 0.5) is 0 Å². The Labute approximate surface area is 205 Å². The number of amides is 1. The van der Waals surface area contributed by atoms with Crippen molar-refractivity contribution in [2.45, 2.75) is 78.3 Å². The molecule has 1 amide bonds. The van der Waals surface area contributed by atoms with Crippen molar-refractivity contribution >= 4 is 5.91 Å². The van der Waals surface area contributed by atoms with Crippen LogP contribution in [-0.4, -0.2) is 66.0 Å². The molecule has 7 nitrogen and oxygen atoms in total. The minimum Gasteiger partial charge on any atom is -0.477 e. The molecule has 0 spiro atoms. The summed E-state index contributed by atoms with van der Waals surface area (Å²) in [5.74, 6) is 3.20. The number of nitrogens with one attached hydrogen (secondary N) is 2. The lowest BCUT2D eigenvalue weighted by Gasteiger charge is -2.62. The highest BCUT2D eigenvalue weighted by Crippen LogP contribution is 2.61. The van der Waals surface area contributed by atoms with Gasteiger partial charge in [-0.05, 0) is 54.8 Å². The fourth-order valence-electron chi connectivity index (χ4n) is 7.15. The number of ether oxygens (including phenoxy) is 1. The number of nitrogens with zero attached hydrogens (tertiary/aromatic N) is 3. The smallest absolute Gasteiger partial charge is 0.258 e. The SMILES string of the molecule is C[C@H]1[C@@H](NC(=O)c2cnn(CCN3CCNCC3)c2OCC2CCCCC2)C[C@H]2C[C@@H]1C2(C)C. The van der Waals surface area contributed by atoms with Crippen molar-refractivity contribution in [3.8, 4) is 5.88 Å². The normalized spacial score (nSPS) is 31.6. The molecule has 6 rings (SSSR count). The Hall–Kier alpha value is -1.60. The van der Waals surface area contributed by atoms with Gasteiger partial charge in [0.25, 0.3) is 5.91 Å². The number of piperazine rings is 1. The maximum atomic E-state index is 13.5. The van der Waals surface area contributed by atoms with Crippen LogP contribution in [0.25, 0.3) is 0 Å². The second-order valence-corrected chi connectivity index (χ2v) is 12.0. The van der Waals surface area contributed by atoms with Gasteiger partial charge in [0, 0.05) is 38.8 Å². The number of hydrogen-bond acceptors (Lipinski definition) is 5. The highest BCUT2D eigenvalue weighted by molar-refractivity contribution is 5.96. The minimum absolute atomic E-state index is 0.0111. The lowest BCUT2D eigenvalue weighted by Crippen LogP contribution is -2.60. The molecule has 1 saturated heterocycles. The molecule has 34 heavy (non-hydrogen) atoms. The molecular weight excluding hydrogens is 426 g/mol. The topological polar surface area (TPSA) is 71.4 Å².